The number of carbonyl (C=O) groups is 1. The minimum atomic E-state index is -4.63. The quantitative estimate of drug-likeness (QED) is 0.781. The van der Waals surface area contributed by atoms with Crippen LogP contribution in [0.1, 0.15) is 11.1 Å². The molecule has 0 bridgehead atoms. The largest absolute Gasteiger partial charge is 0.417 e. The lowest BCUT2D eigenvalue weighted by Crippen LogP contribution is -2.38. The van der Waals surface area contributed by atoms with E-state index in [4.69, 9.17) is 5.73 Å². The summed E-state index contributed by atoms with van der Waals surface area (Å²) >= 11 is 0. The molecule has 1 aromatic heterocycles. The molecule has 5 nitrogen and oxygen atoms in total. The topological polar surface area (TPSA) is 88.0 Å². The van der Waals surface area contributed by atoms with Crippen LogP contribution in [0.25, 0.3) is 0 Å². The fraction of sp³-hybridized carbons (Fsp3) is 0.200. The van der Waals surface area contributed by atoms with Gasteiger partial charge in [0.05, 0.1) is 11.6 Å². The Hall–Kier alpha value is -2.32. The van der Waals surface area contributed by atoms with E-state index in [2.05, 4.69) is 5.32 Å². The standard InChI is InChI=1S/C15H14F3N3O2.ClH/c16-15(17,18)10-7-12(14(23)20-8-10)21-13(22)11(19)6-9-4-2-1-3-5-9;/h1-5,7-8,11H,6,19H2,(H,20,23)(H,21,22);1H. The minimum Gasteiger partial charge on any atom is -0.327 e. The van der Waals surface area contributed by atoms with Crippen molar-refractivity contribution in [1.82, 2.24) is 4.98 Å². The van der Waals surface area contributed by atoms with Crippen LogP contribution < -0.4 is 16.6 Å². The Bertz CT molecular complexity index is 748. The van der Waals surface area contributed by atoms with Gasteiger partial charge in [-0.3, -0.25) is 9.59 Å². The molecule has 1 aromatic carbocycles. The van der Waals surface area contributed by atoms with E-state index in [0.717, 1.165) is 5.56 Å². The number of hydrogen-bond acceptors (Lipinski definition) is 3. The first kappa shape index (κ1) is 19.7. The van der Waals surface area contributed by atoms with E-state index < -0.39 is 34.9 Å². The number of halogens is 4. The van der Waals surface area contributed by atoms with Gasteiger partial charge in [-0.1, -0.05) is 30.3 Å². The molecule has 0 saturated carbocycles. The van der Waals surface area contributed by atoms with Gasteiger partial charge in [0.25, 0.3) is 5.56 Å². The first-order chi connectivity index (χ1) is 10.8. The van der Waals surface area contributed by atoms with E-state index in [1.54, 1.807) is 30.3 Å². The molecule has 0 radical (unpaired) electrons. The number of H-pyrrole nitrogens is 1. The van der Waals surface area contributed by atoms with Crippen LogP contribution in [-0.4, -0.2) is 16.9 Å². The summed E-state index contributed by atoms with van der Waals surface area (Å²) in [5.74, 6) is -0.737. The fourth-order valence-corrected chi connectivity index (χ4v) is 1.93. The van der Waals surface area contributed by atoms with Crippen LogP contribution in [0, 0.1) is 0 Å². The molecule has 0 aliphatic heterocycles. The normalized spacial score (nSPS) is 12.2. The van der Waals surface area contributed by atoms with Gasteiger partial charge in [-0.05, 0) is 18.1 Å². The van der Waals surface area contributed by atoms with Crippen LogP contribution in [0.3, 0.4) is 0 Å². The Balaban J connectivity index is 0.00000288. The summed E-state index contributed by atoms with van der Waals surface area (Å²) in [6.45, 7) is 0. The summed E-state index contributed by atoms with van der Waals surface area (Å²) in [6.07, 6.45) is -3.89. The predicted octanol–water partition coefficient (Wildman–Crippen LogP) is 2.32. The molecule has 0 saturated heterocycles. The van der Waals surface area contributed by atoms with Crippen LogP contribution in [0.4, 0.5) is 18.9 Å². The third-order valence-electron chi connectivity index (χ3n) is 3.12. The first-order valence-electron chi connectivity index (χ1n) is 6.67. The smallest absolute Gasteiger partial charge is 0.327 e. The third-order valence-corrected chi connectivity index (χ3v) is 3.12. The second kappa shape index (κ2) is 7.98. The van der Waals surface area contributed by atoms with E-state index in [1.165, 1.54) is 0 Å². The minimum absolute atomic E-state index is 0. The van der Waals surface area contributed by atoms with Crippen molar-refractivity contribution in [2.75, 3.05) is 5.32 Å². The number of nitrogens with two attached hydrogens (primary N) is 1. The van der Waals surface area contributed by atoms with Crippen molar-refractivity contribution in [1.29, 1.82) is 0 Å². The molecule has 9 heteroatoms. The molecule has 0 fully saturated rings. The Morgan fingerprint density at radius 3 is 2.46 bits per heavy atom. The maximum absolute atomic E-state index is 12.6. The van der Waals surface area contributed by atoms with Crippen LogP contribution in [0.2, 0.25) is 0 Å². The number of benzene rings is 1. The maximum atomic E-state index is 12.6. The molecule has 24 heavy (non-hydrogen) atoms. The van der Waals surface area contributed by atoms with Crippen molar-refractivity contribution < 1.29 is 18.0 Å². The van der Waals surface area contributed by atoms with E-state index in [9.17, 15) is 22.8 Å². The first-order valence-corrected chi connectivity index (χ1v) is 6.67. The zero-order valence-corrected chi connectivity index (χ0v) is 13.1. The molecule has 2 rings (SSSR count). The molecule has 1 amide bonds. The van der Waals surface area contributed by atoms with Crippen molar-refractivity contribution in [2.24, 2.45) is 5.73 Å². The van der Waals surface area contributed by atoms with Gasteiger partial charge in [0, 0.05) is 6.20 Å². The highest BCUT2D eigenvalue weighted by Gasteiger charge is 2.31. The summed E-state index contributed by atoms with van der Waals surface area (Å²) in [7, 11) is 0. The molecule has 1 heterocycles. The van der Waals surface area contributed by atoms with Crippen molar-refractivity contribution in [3.8, 4) is 0 Å². The summed E-state index contributed by atoms with van der Waals surface area (Å²) < 4.78 is 37.9. The zero-order chi connectivity index (χ0) is 17.0. The van der Waals surface area contributed by atoms with E-state index >= 15 is 0 Å². The molecule has 0 spiro atoms. The van der Waals surface area contributed by atoms with Gasteiger partial charge in [-0.2, -0.15) is 13.2 Å². The van der Waals surface area contributed by atoms with Crippen molar-refractivity contribution in [3.63, 3.8) is 0 Å². The molecular formula is C15H15ClF3N3O2. The number of anilines is 1. The summed E-state index contributed by atoms with van der Waals surface area (Å²) in [4.78, 5) is 25.4. The number of carbonyl (C=O) groups excluding carboxylic acids is 1. The van der Waals surface area contributed by atoms with Gasteiger partial charge >= 0.3 is 6.18 Å². The Labute approximate surface area is 141 Å². The Kier molecular flexibility index (Phi) is 6.56. The molecule has 0 aliphatic carbocycles. The average Bonchev–Trinajstić information content (AvgIpc) is 2.49. The number of aromatic amines is 1. The second-order valence-corrected chi connectivity index (χ2v) is 4.91. The summed E-state index contributed by atoms with van der Waals surface area (Å²) in [6, 6.07) is 8.47. The van der Waals surface area contributed by atoms with Gasteiger partial charge < -0.3 is 16.0 Å². The second-order valence-electron chi connectivity index (χ2n) is 4.91. The van der Waals surface area contributed by atoms with E-state index in [1.807, 2.05) is 4.98 Å². The van der Waals surface area contributed by atoms with Crippen molar-refractivity contribution in [3.05, 3.63) is 64.1 Å². The third kappa shape index (κ3) is 5.10. The molecule has 2 aromatic rings. The van der Waals surface area contributed by atoms with Gasteiger partial charge in [0.1, 0.15) is 5.69 Å². The number of alkyl halides is 3. The number of pyridine rings is 1. The number of nitrogens with one attached hydrogen (secondary N) is 2. The molecule has 0 aliphatic rings. The Morgan fingerprint density at radius 2 is 1.88 bits per heavy atom. The van der Waals surface area contributed by atoms with Gasteiger partial charge in [-0.25, -0.2) is 0 Å². The number of hydrogen-bond donors (Lipinski definition) is 3. The van der Waals surface area contributed by atoms with Crippen LogP contribution in [0.5, 0.6) is 0 Å². The average molecular weight is 362 g/mol. The molecule has 1 unspecified atom stereocenters. The number of rotatable bonds is 4. The number of aromatic nitrogens is 1. The fourth-order valence-electron chi connectivity index (χ4n) is 1.93. The Morgan fingerprint density at radius 1 is 1.25 bits per heavy atom. The number of amides is 1. The van der Waals surface area contributed by atoms with Gasteiger partial charge in [-0.15, -0.1) is 12.4 Å². The molecular weight excluding hydrogens is 347 g/mol. The van der Waals surface area contributed by atoms with Crippen LogP contribution in [-0.2, 0) is 17.4 Å². The molecule has 130 valence electrons. The maximum Gasteiger partial charge on any atom is 0.417 e. The van der Waals surface area contributed by atoms with E-state index in [0.29, 0.717) is 12.3 Å². The SMILES string of the molecule is Cl.NC(Cc1ccccc1)C(=O)Nc1cc(C(F)(F)F)c[nH]c1=O. The molecule has 1 atom stereocenters. The lowest BCUT2D eigenvalue weighted by atomic mass is 10.1. The van der Waals surface area contributed by atoms with Crippen LogP contribution in [0.15, 0.2) is 47.4 Å². The molecule has 4 N–H and O–H groups in total. The summed E-state index contributed by atoms with van der Waals surface area (Å²) in [5, 5.41) is 2.14. The van der Waals surface area contributed by atoms with Gasteiger partial charge in [0.15, 0.2) is 0 Å². The van der Waals surface area contributed by atoms with Gasteiger partial charge in [0.2, 0.25) is 5.91 Å². The van der Waals surface area contributed by atoms with Crippen LogP contribution >= 0.6 is 12.4 Å². The highest BCUT2D eigenvalue weighted by molar-refractivity contribution is 5.94. The highest BCUT2D eigenvalue weighted by atomic mass is 35.5. The zero-order valence-electron chi connectivity index (χ0n) is 12.3. The monoisotopic (exact) mass is 361 g/mol. The van der Waals surface area contributed by atoms with E-state index in [-0.39, 0.29) is 18.8 Å². The summed E-state index contributed by atoms with van der Waals surface area (Å²) in [5.41, 5.74) is 4.13. The van der Waals surface area contributed by atoms with Crippen molar-refractivity contribution >= 4 is 24.0 Å². The highest BCUT2D eigenvalue weighted by Crippen LogP contribution is 2.29. The lowest BCUT2D eigenvalue weighted by Gasteiger charge is -2.13. The lowest BCUT2D eigenvalue weighted by molar-refractivity contribution is -0.137. The van der Waals surface area contributed by atoms with Crippen molar-refractivity contribution in [2.45, 2.75) is 18.6 Å². The predicted molar refractivity (Wildman–Crippen MR) is 86.1 cm³/mol.